The van der Waals surface area contributed by atoms with E-state index in [4.69, 9.17) is 18.7 Å². The molecule has 4 rings (SSSR count). The summed E-state index contributed by atoms with van der Waals surface area (Å²) in [5.41, 5.74) is 1.58. The van der Waals surface area contributed by atoms with Gasteiger partial charge in [-0.2, -0.15) is 4.98 Å². The molecule has 0 aliphatic rings. The lowest BCUT2D eigenvalue weighted by Crippen LogP contribution is -2.06. The molecule has 30 heavy (non-hydrogen) atoms. The van der Waals surface area contributed by atoms with Crippen molar-refractivity contribution in [1.82, 2.24) is 30.3 Å². The summed E-state index contributed by atoms with van der Waals surface area (Å²) in [6, 6.07) is 11.9. The molecule has 0 atom stereocenters. The molecule has 0 aliphatic carbocycles. The van der Waals surface area contributed by atoms with Crippen molar-refractivity contribution in [2.45, 2.75) is 6.61 Å². The minimum absolute atomic E-state index is 0.146. The molecule has 0 fully saturated rings. The Bertz CT molecular complexity index is 1160. The van der Waals surface area contributed by atoms with Crippen LogP contribution in [0.5, 0.6) is 11.5 Å². The summed E-state index contributed by atoms with van der Waals surface area (Å²) in [7, 11) is 3.10. The maximum Gasteiger partial charge on any atom is 0.338 e. The average Bonchev–Trinajstić information content (AvgIpc) is 3.49. The topological polar surface area (TPSA) is 127 Å². The summed E-state index contributed by atoms with van der Waals surface area (Å²) in [6.07, 6.45) is 1.43. The number of esters is 1. The number of ether oxygens (including phenoxy) is 3. The molecule has 0 unspecified atom stereocenters. The fraction of sp³-hybridized carbons (Fsp3) is 0.158. The number of carbonyl (C=O) groups is 1. The number of nitrogens with zero attached hydrogens (tertiary/aromatic N) is 6. The quantitative estimate of drug-likeness (QED) is 0.419. The molecule has 0 saturated heterocycles. The monoisotopic (exact) mass is 408 g/mol. The molecule has 4 aromatic rings. The standard InChI is InChI=1S/C19H16N6O5/c1-27-14-6-7-15(16(9-14)28-2)18-21-17(30-22-18)10-29-19(26)12-4-3-5-13(8-12)25-11-20-23-24-25/h3-9,11H,10H2,1-2H3. The molecule has 0 radical (unpaired) electrons. The highest BCUT2D eigenvalue weighted by molar-refractivity contribution is 5.90. The second-order valence-electron chi connectivity index (χ2n) is 5.96. The fourth-order valence-corrected chi connectivity index (χ4v) is 2.67. The number of carbonyl (C=O) groups excluding carboxylic acids is 1. The van der Waals surface area contributed by atoms with Crippen LogP contribution in [0.2, 0.25) is 0 Å². The van der Waals surface area contributed by atoms with Crippen molar-refractivity contribution in [1.29, 1.82) is 0 Å². The van der Waals surface area contributed by atoms with Crippen molar-refractivity contribution in [3.8, 4) is 28.6 Å². The van der Waals surface area contributed by atoms with Crippen LogP contribution in [0.1, 0.15) is 16.2 Å². The van der Waals surface area contributed by atoms with Gasteiger partial charge in [0, 0.05) is 6.07 Å². The number of hydrogen-bond acceptors (Lipinski definition) is 10. The molecule has 0 spiro atoms. The molecule has 152 valence electrons. The summed E-state index contributed by atoms with van der Waals surface area (Å²) in [5.74, 6) is 1.07. The minimum atomic E-state index is -0.549. The second kappa shape index (κ2) is 8.39. The molecule has 0 aliphatic heterocycles. The van der Waals surface area contributed by atoms with Crippen LogP contribution in [0, 0.1) is 0 Å². The maximum atomic E-state index is 12.4. The summed E-state index contributed by atoms with van der Waals surface area (Å²) in [6.45, 7) is -0.181. The number of hydrogen-bond donors (Lipinski definition) is 0. The summed E-state index contributed by atoms with van der Waals surface area (Å²) < 4.78 is 22.4. The molecule has 2 aromatic carbocycles. The van der Waals surface area contributed by atoms with E-state index in [0.29, 0.717) is 34.1 Å². The number of rotatable bonds is 7. The van der Waals surface area contributed by atoms with Crippen molar-refractivity contribution >= 4 is 5.97 Å². The molecule has 11 heteroatoms. The first kappa shape index (κ1) is 19.1. The van der Waals surface area contributed by atoms with Crippen molar-refractivity contribution < 1.29 is 23.5 Å². The van der Waals surface area contributed by atoms with Gasteiger partial charge >= 0.3 is 5.97 Å². The van der Waals surface area contributed by atoms with Crippen molar-refractivity contribution in [3.05, 3.63) is 60.2 Å². The van der Waals surface area contributed by atoms with Gasteiger partial charge in [-0.25, -0.2) is 9.48 Å². The third-order valence-corrected chi connectivity index (χ3v) is 4.14. The molecule has 0 bridgehead atoms. The van der Waals surface area contributed by atoms with Crippen molar-refractivity contribution in [3.63, 3.8) is 0 Å². The third-order valence-electron chi connectivity index (χ3n) is 4.14. The lowest BCUT2D eigenvalue weighted by Gasteiger charge is -2.07. The van der Waals surface area contributed by atoms with Crippen LogP contribution in [0.4, 0.5) is 0 Å². The lowest BCUT2D eigenvalue weighted by atomic mass is 10.2. The van der Waals surface area contributed by atoms with Gasteiger partial charge in [0.2, 0.25) is 5.82 Å². The average molecular weight is 408 g/mol. The highest BCUT2D eigenvalue weighted by Gasteiger charge is 2.16. The Morgan fingerprint density at radius 3 is 2.80 bits per heavy atom. The van der Waals surface area contributed by atoms with Crippen LogP contribution >= 0.6 is 0 Å². The Morgan fingerprint density at radius 1 is 1.13 bits per heavy atom. The van der Waals surface area contributed by atoms with Gasteiger partial charge in [-0.15, -0.1) is 5.10 Å². The van der Waals surface area contributed by atoms with Crippen LogP contribution in [0.25, 0.3) is 17.1 Å². The number of benzene rings is 2. The minimum Gasteiger partial charge on any atom is -0.497 e. The number of aromatic nitrogens is 6. The van der Waals surface area contributed by atoms with Crippen LogP contribution in [0.15, 0.2) is 53.3 Å². The van der Waals surface area contributed by atoms with Crippen molar-refractivity contribution in [2.75, 3.05) is 14.2 Å². The van der Waals surface area contributed by atoms with Crippen LogP contribution < -0.4 is 9.47 Å². The molecule has 0 amide bonds. The SMILES string of the molecule is COc1ccc(-c2noc(COC(=O)c3cccc(-n4cnnn4)c3)n2)c(OC)c1. The van der Waals surface area contributed by atoms with Crippen LogP contribution in [-0.4, -0.2) is 50.5 Å². The van der Waals surface area contributed by atoms with E-state index in [-0.39, 0.29) is 12.5 Å². The maximum absolute atomic E-state index is 12.4. The highest BCUT2D eigenvalue weighted by Crippen LogP contribution is 2.31. The molecular formula is C19H16N6O5. The Labute approximate surface area is 170 Å². The molecule has 0 N–H and O–H groups in total. The summed E-state index contributed by atoms with van der Waals surface area (Å²) in [5, 5.41) is 14.9. The predicted molar refractivity (Wildman–Crippen MR) is 101 cm³/mol. The van der Waals surface area contributed by atoms with E-state index in [2.05, 4.69) is 25.7 Å². The van der Waals surface area contributed by atoms with E-state index in [9.17, 15) is 4.79 Å². The summed E-state index contributed by atoms with van der Waals surface area (Å²) in [4.78, 5) is 16.6. The smallest absolute Gasteiger partial charge is 0.338 e. The van der Waals surface area contributed by atoms with Gasteiger partial charge < -0.3 is 18.7 Å². The van der Waals surface area contributed by atoms with E-state index in [1.54, 1.807) is 49.6 Å². The normalized spacial score (nSPS) is 10.6. The van der Waals surface area contributed by atoms with Gasteiger partial charge in [0.15, 0.2) is 6.61 Å². The zero-order chi connectivity index (χ0) is 20.9. The van der Waals surface area contributed by atoms with Gasteiger partial charge in [0.1, 0.15) is 17.8 Å². The Morgan fingerprint density at radius 2 is 2.03 bits per heavy atom. The second-order valence-corrected chi connectivity index (χ2v) is 5.96. The van der Waals surface area contributed by atoms with Gasteiger partial charge in [0.05, 0.1) is 31.0 Å². The predicted octanol–water partition coefficient (Wildman–Crippen LogP) is 2.09. The van der Waals surface area contributed by atoms with E-state index in [0.717, 1.165) is 0 Å². The first-order valence-electron chi connectivity index (χ1n) is 8.73. The number of tetrazole rings is 1. The third kappa shape index (κ3) is 3.94. The first-order chi connectivity index (χ1) is 14.7. The Kier molecular flexibility index (Phi) is 5.33. The van der Waals surface area contributed by atoms with Gasteiger partial charge in [-0.1, -0.05) is 11.2 Å². The van der Waals surface area contributed by atoms with E-state index >= 15 is 0 Å². The number of methoxy groups -OCH3 is 2. The van der Waals surface area contributed by atoms with E-state index in [1.807, 2.05) is 0 Å². The molecule has 0 saturated carbocycles. The first-order valence-corrected chi connectivity index (χ1v) is 8.73. The van der Waals surface area contributed by atoms with Gasteiger partial charge in [-0.05, 0) is 40.8 Å². The van der Waals surface area contributed by atoms with Gasteiger partial charge in [0.25, 0.3) is 5.89 Å². The molecule has 2 heterocycles. The van der Waals surface area contributed by atoms with Crippen LogP contribution in [0.3, 0.4) is 0 Å². The van der Waals surface area contributed by atoms with Crippen LogP contribution in [-0.2, 0) is 11.3 Å². The van der Waals surface area contributed by atoms with Gasteiger partial charge in [-0.3, -0.25) is 0 Å². The van der Waals surface area contributed by atoms with E-state index in [1.165, 1.54) is 18.1 Å². The Balaban J connectivity index is 1.45. The van der Waals surface area contributed by atoms with Crippen molar-refractivity contribution in [2.24, 2.45) is 0 Å². The molecule has 2 aromatic heterocycles. The largest absolute Gasteiger partial charge is 0.497 e. The van der Waals surface area contributed by atoms with E-state index < -0.39 is 5.97 Å². The highest BCUT2D eigenvalue weighted by atomic mass is 16.6. The Hall–Kier alpha value is -4.28. The fourth-order valence-electron chi connectivity index (χ4n) is 2.67. The molecule has 11 nitrogen and oxygen atoms in total. The zero-order valence-electron chi connectivity index (χ0n) is 16.1. The zero-order valence-corrected chi connectivity index (χ0v) is 16.1. The molecular weight excluding hydrogens is 392 g/mol. The summed E-state index contributed by atoms with van der Waals surface area (Å²) >= 11 is 0. The lowest BCUT2D eigenvalue weighted by molar-refractivity contribution is 0.0430.